The molecule has 1 unspecified atom stereocenters. The lowest BCUT2D eigenvalue weighted by Gasteiger charge is -2.32. The Morgan fingerprint density at radius 2 is 1.96 bits per heavy atom. The van der Waals surface area contributed by atoms with Gasteiger partial charge in [0.1, 0.15) is 0 Å². The van der Waals surface area contributed by atoms with E-state index in [0.29, 0.717) is 31.6 Å². The highest BCUT2D eigenvalue weighted by molar-refractivity contribution is 5.94. The highest BCUT2D eigenvalue weighted by Crippen LogP contribution is 2.19. The third kappa shape index (κ3) is 5.09. The molecule has 0 aliphatic carbocycles. The molecule has 1 saturated heterocycles. The van der Waals surface area contributed by atoms with Crippen LogP contribution in [0.15, 0.2) is 30.3 Å². The summed E-state index contributed by atoms with van der Waals surface area (Å²) in [6.07, 6.45) is 2.01. The maximum Gasteiger partial charge on any atom is 0.303 e. The van der Waals surface area contributed by atoms with Crippen LogP contribution in [0.25, 0.3) is 0 Å². The Bertz CT molecular complexity index is 559. The van der Waals surface area contributed by atoms with Gasteiger partial charge in [0.15, 0.2) is 0 Å². The number of aliphatic carboxylic acids is 1. The summed E-state index contributed by atoms with van der Waals surface area (Å²) in [6, 6.07) is 9.06. The summed E-state index contributed by atoms with van der Waals surface area (Å²) in [6.45, 7) is 1.43. The fourth-order valence-electron chi connectivity index (χ4n) is 2.73. The molecule has 1 aliphatic heterocycles. The molecule has 2 amide bonds. The number of carboxylic acid groups (broad SMARTS) is 1. The van der Waals surface area contributed by atoms with Crippen LogP contribution in [-0.4, -0.2) is 47.4 Å². The van der Waals surface area contributed by atoms with Gasteiger partial charge in [0, 0.05) is 31.6 Å². The predicted octanol–water partition coefficient (Wildman–Crippen LogP) is 1.52. The number of piperidine rings is 1. The van der Waals surface area contributed by atoms with E-state index in [9.17, 15) is 14.4 Å². The lowest BCUT2D eigenvalue weighted by Crippen LogP contribution is -2.45. The van der Waals surface area contributed by atoms with Crippen molar-refractivity contribution in [1.29, 1.82) is 0 Å². The molecule has 124 valence electrons. The lowest BCUT2D eigenvalue weighted by molar-refractivity contribution is -0.137. The monoisotopic (exact) mass is 318 g/mol. The third-order valence-electron chi connectivity index (χ3n) is 3.97. The van der Waals surface area contributed by atoms with E-state index in [1.54, 1.807) is 17.0 Å². The topological polar surface area (TPSA) is 86.7 Å². The number of amides is 2. The number of carboxylic acids is 1. The molecule has 1 heterocycles. The first-order valence-electron chi connectivity index (χ1n) is 7.92. The van der Waals surface area contributed by atoms with Gasteiger partial charge in [0.2, 0.25) is 5.91 Å². The largest absolute Gasteiger partial charge is 0.481 e. The van der Waals surface area contributed by atoms with E-state index >= 15 is 0 Å². The van der Waals surface area contributed by atoms with Crippen molar-refractivity contribution in [1.82, 2.24) is 10.2 Å². The smallest absolute Gasteiger partial charge is 0.303 e. The van der Waals surface area contributed by atoms with Gasteiger partial charge in [-0.3, -0.25) is 14.4 Å². The number of likely N-dealkylation sites (tertiary alicyclic amines) is 1. The summed E-state index contributed by atoms with van der Waals surface area (Å²) < 4.78 is 0. The second-order valence-corrected chi connectivity index (χ2v) is 5.74. The average Bonchev–Trinajstić information content (AvgIpc) is 2.58. The summed E-state index contributed by atoms with van der Waals surface area (Å²) in [5.74, 6) is -1.23. The van der Waals surface area contributed by atoms with Crippen LogP contribution in [0, 0.1) is 5.92 Å². The summed E-state index contributed by atoms with van der Waals surface area (Å²) in [4.78, 5) is 36.7. The van der Waals surface area contributed by atoms with Crippen LogP contribution in [0.4, 0.5) is 0 Å². The van der Waals surface area contributed by atoms with Gasteiger partial charge in [0.25, 0.3) is 5.91 Å². The number of hydrogen-bond donors (Lipinski definition) is 2. The van der Waals surface area contributed by atoms with Crippen molar-refractivity contribution in [3.05, 3.63) is 35.9 Å². The first-order valence-corrected chi connectivity index (χ1v) is 7.92. The van der Waals surface area contributed by atoms with Crippen LogP contribution < -0.4 is 5.32 Å². The average molecular weight is 318 g/mol. The van der Waals surface area contributed by atoms with Gasteiger partial charge >= 0.3 is 5.97 Å². The van der Waals surface area contributed by atoms with E-state index in [0.717, 1.165) is 12.8 Å². The van der Waals surface area contributed by atoms with Gasteiger partial charge in [-0.1, -0.05) is 18.2 Å². The molecule has 6 nitrogen and oxygen atoms in total. The van der Waals surface area contributed by atoms with E-state index in [1.807, 2.05) is 18.2 Å². The van der Waals surface area contributed by atoms with Gasteiger partial charge in [-0.15, -0.1) is 0 Å². The fraction of sp³-hybridized carbons (Fsp3) is 0.471. The quantitative estimate of drug-likeness (QED) is 0.779. The van der Waals surface area contributed by atoms with Crippen molar-refractivity contribution >= 4 is 17.8 Å². The summed E-state index contributed by atoms with van der Waals surface area (Å²) in [5, 5.41) is 11.3. The van der Waals surface area contributed by atoms with E-state index in [-0.39, 0.29) is 24.2 Å². The molecule has 23 heavy (non-hydrogen) atoms. The molecule has 1 aliphatic rings. The van der Waals surface area contributed by atoms with Gasteiger partial charge in [0.05, 0.1) is 5.92 Å². The number of carbonyl (C=O) groups is 3. The van der Waals surface area contributed by atoms with Crippen molar-refractivity contribution in [2.75, 3.05) is 19.6 Å². The molecule has 2 N–H and O–H groups in total. The van der Waals surface area contributed by atoms with Crippen molar-refractivity contribution in [3.8, 4) is 0 Å². The molecule has 0 radical (unpaired) electrons. The van der Waals surface area contributed by atoms with Crippen molar-refractivity contribution in [3.63, 3.8) is 0 Å². The number of hydrogen-bond acceptors (Lipinski definition) is 3. The van der Waals surface area contributed by atoms with Crippen LogP contribution in [0.3, 0.4) is 0 Å². The number of benzene rings is 1. The summed E-state index contributed by atoms with van der Waals surface area (Å²) in [7, 11) is 0. The van der Waals surface area contributed by atoms with E-state index < -0.39 is 5.97 Å². The maximum atomic E-state index is 12.4. The molecular formula is C17H22N2O4. The van der Waals surface area contributed by atoms with E-state index in [4.69, 9.17) is 5.11 Å². The van der Waals surface area contributed by atoms with Crippen LogP contribution in [-0.2, 0) is 9.59 Å². The summed E-state index contributed by atoms with van der Waals surface area (Å²) >= 11 is 0. The van der Waals surface area contributed by atoms with Crippen molar-refractivity contribution in [2.45, 2.75) is 25.7 Å². The molecule has 1 fully saturated rings. The molecular weight excluding hydrogens is 296 g/mol. The lowest BCUT2D eigenvalue weighted by atomic mass is 9.96. The molecule has 0 aromatic heterocycles. The molecule has 1 aromatic carbocycles. The first-order chi connectivity index (χ1) is 11.1. The highest BCUT2D eigenvalue weighted by atomic mass is 16.4. The Morgan fingerprint density at radius 3 is 2.65 bits per heavy atom. The van der Waals surface area contributed by atoms with E-state index in [1.165, 1.54) is 0 Å². The zero-order valence-corrected chi connectivity index (χ0v) is 13.0. The number of rotatable bonds is 6. The van der Waals surface area contributed by atoms with Crippen molar-refractivity contribution in [2.24, 2.45) is 5.92 Å². The van der Waals surface area contributed by atoms with E-state index in [2.05, 4.69) is 5.32 Å². The Hall–Kier alpha value is -2.37. The van der Waals surface area contributed by atoms with Gasteiger partial charge in [-0.05, 0) is 31.4 Å². The fourth-order valence-corrected chi connectivity index (χ4v) is 2.73. The van der Waals surface area contributed by atoms with Gasteiger partial charge < -0.3 is 15.3 Å². The molecule has 6 heteroatoms. The van der Waals surface area contributed by atoms with Gasteiger partial charge in [-0.25, -0.2) is 0 Å². The van der Waals surface area contributed by atoms with Crippen LogP contribution in [0.2, 0.25) is 0 Å². The third-order valence-corrected chi connectivity index (χ3v) is 3.97. The Morgan fingerprint density at radius 1 is 1.22 bits per heavy atom. The van der Waals surface area contributed by atoms with Crippen molar-refractivity contribution < 1.29 is 19.5 Å². The zero-order valence-electron chi connectivity index (χ0n) is 13.0. The standard InChI is InChI=1S/C17H22N2O4/c20-15(21)9-4-10-18-16(22)14-8-5-11-19(12-14)17(23)13-6-2-1-3-7-13/h1-3,6-7,14H,4-5,8-12H2,(H,18,22)(H,20,21). The minimum atomic E-state index is -0.864. The number of nitrogens with zero attached hydrogens (tertiary/aromatic N) is 1. The van der Waals surface area contributed by atoms with Crippen LogP contribution >= 0.6 is 0 Å². The number of nitrogens with one attached hydrogen (secondary N) is 1. The molecule has 0 spiro atoms. The minimum absolute atomic E-state index is 0.0452. The molecule has 0 bridgehead atoms. The predicted molar refractivity (Wildman–Crippen MR) is 84.9 cm³/mol. The summed E-state index contributed by atoms with van der Waals surface area (Å²) in [5.41, 5.74) is 0.634. The normalized spacial score (nSPS) is 17.6. The molecule has 0 saturated carbocycles. The molecule has 1 aromatic rings. The highest BCUT2D eigenvalue weighted by Gasteiger charge is 2.28. The SMILES string of the molecule is O=C(O)CCCNC(=O)C1CCCN(C(=O)c2ccccc2)C1. The Balaban J connectivity index is 1.84. The van der Waals surface area contributed by atoms with Crippen LogP contribution in [0.1, 0.15) is 36.0 Å². The molecule has 2 rings (SSSR count). The second kappa shape index (κ2) is 8.31. The van der Waals surface area contributed by atoms with Crippen LogP contribution in [0.5, 0.6) is 0 Å². The Kier molecular flexibility index (Phi) is 6.14. The second-order valence-electron chi connectivity index (χ2n) is 5.74. The first kappa shape index (κ1) is 17.0. The van der Waals surface area contributed by atoms with Gasteiger partial charge in [-0.2, -0.15) is 0 Å². The minimum Gasteiger partial charge on any atom is -0.481 e. The number of carbonyl (C=O) groups excluding carboxylic acids is 2. The zero-order chi connectivity index (χ0) is 16.7. The Labute approximate surface area is 135 Å². The maximum absolute atomic E-state index is 12.4. The molecule has 1 atom stereocenters.